The van der Waals surface area contributed by atoms with Crippen LogP contribution in [-0.4, -0.2) is 48.2 Å². The minimum Gasteiger partial charge on any atom is -0.754 e. The van der Waals surface area contributed by atoms with Crippen LogP contribution in [0.15, 0.2) is 0 Å². The van der Waals surface area contributed by atoms with Crippen molar-refractivity contribution in [1.82, 2.24) is 0 Å². The molecule has 0 aromatic heterocycles. The minimum atomic E-state index is -5.23. The molecular weight excluding hydrogens is 398 g/mol. The van der Waals surface area contributed by atoms with E-state index < -0.39 is 41.1 Å². The number of aliphatic hydroxyl groups excluding tert-OH is 2. The molecule has 0 aliphatic carbocycles. The zero-order valence-corrected chi connectivity index (χ0v) is 13.2. The molecule has 0 saturated heterocycles. The average molecular weight is 408 g/mol. The van der Waals surface area contributed by atoms with E-state index in [2.05, 4.69) is 23.4 Å². The third-order valence-electron chi connectivity index (χ3n) is 1.36. The SMILES string of the molecule is O=CC(O)COP(=O)([O-])OOOP(=O)([O-])OCC(O)C=O.[Fe+2]. The number of aldehydes is 2. The van der Waals surface area contributed by atoms with E-state index in [-0.39, 0.29) is 29.6 Å². The van der Waals surface area contributed by atoms with Gasteiger partial charge in [-0.3, -0.25) is 9.13 Å². The van der Waals surface area contributed by atoms with Crippen molar-refractivity contribution in [2.75, 3.05) is 13.2 Å². The van der Waals surface area contributed by atoms with Gasteiger partial charge in [0.2, 0.25) is 0 Å². The summed E-state index contributed by atoms with van der Waals surface area (Å²) in [5, 5.41) is 20.7. The minimum absolute atomic E-state index is 0. The molecule has 0 aromatic carbocycles. The summed E-state index contributed by atoms with van der Waals surface area (Å²) in [6.07, 6.45) is -3.57. The molecule has 0 spiro atoms. The number of phosphoric ester groups is 2. The predicted molar refractivity (Wildman–Crippen MR) is 54.5 cm³/mol. The summed E-state index contributed by atoms with van der Waals surface area (Å²) in [5.41, 5.74) is 0. The van der Waals surface area contributed by atoms with Crippen LogP contribution in [0.3, 0.4) is 0 Å². The molecule has 13 nitrogen and oxygen atoms in total. The van der Waals surface area contributed by atoms with E-state index in [4.69, 9.17) is 10.2 Å². The smallest absolute Gasteiger partial charge is 0.754 e. The monoisotopic (exact) mass is 408 g/mol. The summed E-state index contributed by atoms with van der Waals surface area (Å²) in [5.74, 6) is 0. The number of hydrogen-bond donors (Lipinski definition) is 2. The summed E-state index contributed by atoms with van der Waals surface area (Å²) in [7, 11) is -10.5. The molecule has 0 aliphatic rings. The summed E-state index contributed by atoms with van der Waals surface area (Å²) in [6, 6.07) is 0. The van der Waals surface area contributed by atoms with Gasteiger partial charge in [-0.2, -0.15) is 0 Å². The Morgan fingerprint density at radius 3 is 1.50 bits per heavy atom. The number of carbonyl (C=O) groups is 2. The van der Waals surface area contributed by atoms with Crippen molar-refractivity contribution < 1.29 is 79.2 Å². The van der Waals surface area contributed by atoms with Gasteiger partial charge in [-0.05, 0) is 0 Å². The fourth-order valence-corrected chi connectivity index (χ4v) is 1.56. The van der Waals surface area contributed by atoms with Gasteiger partial charge in [-0.1, -0.05) is 5.04 Å². The normalized spacial score (nSPS) is 19.1. The molecule has 4 atom stereocenters. The van der Waals surface area contributed by atoms with Gasteiger partial charge in [-0.15, -0.1) is 9.35 Å². The van der Waals surface area contributed by atoms with Crippen LogP contribution in [0.25, 0.3) is 0 Å². The van der Waals surface area contributed by atoms with Gasteiger partial charge in [0.25, 0.3) is 0 Å². The average Bonchev–Trinajstić information content (AvgIpc) is 2.41. The molecule has 0 aliphatic heterocycles. The van der Waals surface area contributed by atoms with E-state index in [1.54, 1.807) is 0 Å². The van der Waals surface area contributed by atoms with Crippen LogP contribution < -0.4 is 9.79 Å². The molecule has 0 radical (unpaired) electrons. The Bertz CT molecular complexity index is 391. The van der Waals surface area contributed by atoms with E-state index in [1.165, 1.54) is 0 Å². The van der Waals surface area contributed by atoms with Crippen LogP contribution in [0, 0.1) is 0 Å². The van der Waals surface area contributed by atoms with Crippen LogP contribution >= 0.6 is 15.6 Å². The predicted octanol–water partition coefficient (Wildman–Crippen LogP) is -3.05. The van der Waals surface area contributed by atoms with Crippen molar-refractivity contribution >= 4 is 28.2 Å². The number of aliphatic hydroxyl groups is 2. The first kappa shape index (κ1) is 24.2. The largest absolute Gasteiger partial charge is 2.00 e. The van der Waals surface area contributed by atoms with Gasteiger partial charge in [0, 0.05) is 0 Å². The topological polar surface area (TPSA) is 201 Å². The van der Waals surface area contributed by atoms with Crippen LogP contribution in [0.5, 0.6) is 0 Å². The summed E-state index contributed by atoms with van der Waals surface area (Å²) < 4.78 is 36.4. The van der Waals surface area contributed by atoms with Crippen LogP contribution in [0.2, 0.25) is 0 Å². The van der Waals surface area contributed by atoms with Crippen molar-refractivity contribution in [2.45, 2.75) is 12.2 Å². The van der Waals surface area contributed by atoms with Gasteiger partial charge in [0.1, 0.15) is 12.2 Å². The van der Waals surface area contributed by atoms with E-state index in [0.29, 0.717) is 0 Å². The maximum Gasteiger partial charge on any atom is 2.00 e. The Hall–Kier alpha value is -0.0405. The molecule has 2 N–H and O–H groups in total. The Morgan fingerprint density at radius 2 is 1.23 bits per heavy atom. The molecule has 0 saturated carbocycles. The van der Waals surface area contributed by atoms with Gasteiger partial charge in [-0.25, -0.2) is 0 Å². The molecule has 0 amide bonds. The number of phosphoric acid groups is 2. The zero-order valence-electron chi connectivity index (χ0n) is 10.4. The van der Waals surface area contributed by atoms with Crippen molar-refractivity contribution in [2.24, 2.45) is 0 Å². The molecule has 4 unspecified atom stereocenters. The first-order valence-electron chi connectivity index (χ1n) is 4.84. The second kappa shape index (κ2) is 11.5. The number of hydrogen-bond acceptors (Lipinski definition) is 13. The summed E-state index contributed by atoms with van der Waals surface area (Å²) >= 11 is 0. The Labute approximate surface area is 133 Å². The Balaban J connectivity index is 0. The molecule has 22 heavy (non-hydrogen) atoms. The van der Waals surface area contributed by atoms with E-state index in [9.17, 15) is 28.5 Å². The fourth-order valence-electron chi connectivity index (χ4n) is 0.545. The van der Waals surface area contributed by atoms with E-state index >= 15 is 0 Å². The standard InChI is InChI=1S/C6H12O13P2.Fe/c7-1-5(9)3-15-20(11,12)18-17-19-21(13,14)16-4-6(10)2-8;/h1-2,5-6,9-10H,3-4H2,(H,11,12)(H,13,14);/q;+2/p-2. The molecule has 130 valence electrons. The molecule has 0 heterocycles. The zero-order chi connectivity index (χ0) is 16.5. The van der Waals surface area contributed by atoms with Gasteiger partial charge in [0.05, 0.1) is 13.2 Å². The Kier molecular flexibility index (Phi) is 12.6. The quantitative estimate of drug-likeness (QED) is 0.109. The summed E-state index contributed by atoms with van der Waals surface area (Å²) in [4.78, 5) is 41.7. The first-order valence-corrected chi connectivity index (χ1v) is 7.76. The molecule has 0 bridgehead atoms. The number of rotatable bonds is 12. The third kappa shape index (κ3) is 12.5. The molecule has 0 rings (SSSR count). The number of carbonyl (C=O) groups excluding carboxylic acids is 2. The Morgan fingerprint density at radius 1 is 0.909 bits per heavy atom. The molecule has 16 heteroatoms. The first-order chi connectivity index (χ1) is 9.62. The van der Waals surface area contributed by atoms with Crippen LogP contribution in [0.4, 0.5) is 0 Å². The van der Waals surface area contributed by atoms with Gasteiger partial charge >= 0.3 is 32.7 Å². The van der Waals surface area contributed by atoms with Crippen molar-refractivity contribution in [3.8, 4) is 0 Å². The molecule has 0 fully saturated rings. The van der Waals surface area contributed by atoms with Crippen molar-refractivity contribution in [3.63, 3.8) is 0 Å². The van der Waals surface area contributed by atoms with Crippen molar-refractivity contribution in [3.05, 3.63) is 0 Å². The van der Waals surface area contributed by atoms with E-state index in [1.807, 2.05) is 0 Å². The van der Waals surface area contributed by atoms with Gasteiger partial charge < -0.3 is 38.6 Å². The maximum atomic E-state index is 10.9. The second-order valence-electron chi connectivity index (χ2n) is 3.11. The van der Waals surface area contributed by atoms with E-state index in [0.717, 1.165) is 0 Å². The molecule has 0 aromatic rings. The fraction of sp³-hybridized carbons (Fsp3) is 0.667. The molecular formula is C6H10FeO13P2. The summed E-state index contributed by atoms with van der Waals surface area (Å²) in [6.45, 7) is -1.99. The van der Waals surface area contributed by atoms with Crippen LogP contribution in [0.1, 0.15) is 0 Å². The van der Waals surface area contributed by atoms with Crippen LogP contribution in [-0.2, 0) is 59.2 Å². The second-order valence-corrected chi connectivity index (χ2v) is 5.71. The van der Waals surface area contributed by atoms with Crippen molar-refractivity contribution in [1.29, 1.82) is 0 Å². The maximum absolute atomic E-state index is 10.9. The third-order valence-corrected chi connectivity index (χ3v) is 2.78. The van der Waals surface area contributed by atoms with Gasteiger partial charge in [0.15, 0.2) is 12.6 Å².